The Morgan fingerprint density at radius 3 is 2.60 bits per heavy atom. The molecule has 0 unspecified atom stereocenters. The van der Waals surface area contributed by atoms with Gasteiger partial charge in [-0.15, -0.1) is 0 Å². The summed E-state index contributed by atoms with van der Waals surface area (Å²) in [7, 11) is 0. The van der Waals surface area contributed by atoms with Crippen molar-refractivity contribution in [3.8, 4) is 0 Å². The molecule has 0 bridgehead atoms. The number of allylic oxidation sites excluding steroid dienone is 5. The minimum absolute atomic E-state index is 0.0661. The maximum Gasteiger partial charge on any atom is 0.171 e. The van der Waals surface area contributed by atoms with Gasteiger partial charge in [-0.1, -0.05) is 69.6 Å². The minimum Gasteiger partial charge on any atom is -0.392 e. The molecule has 2 fully saturated rings. The summed E-state index contributed by atoms with van der Waals surface area (Å²) in [6.07, 6.45) is 10.7. The molecular weight excluding hydrogens is 376 g/mol. The first kappa shape index (κ1) is 22.3. The molecule has 168 valence electrons. The van der Waals surface area contributed by atoms with Gasteiger partial charge >= 0.3 is 0 Å². The lowest BCUT2D eigenvalue weighted by atomic mass is 9.49. The predicted octanol–water partition coefficient (Wildman–Crippen LogP) is 4.51. The van der Waals surface area contributed by atoms with Crippen LogP contribution in [0, 0.1) is 28.6 Å². The quantitative estimate of drug-likeness (QED) is 0.456. The first-order chi connectivity index (χ1) is 14.0. The molecule has 0 heterocycles. The van der Waals surface area contributed by atoms with Crippen LogP contribution in [0.1, 0.15) is 73.1 Å². The second kappa shape index (κ2) is 7.58. The van der Waals surface area contributed by atoms with E-state index in [4.69, 9.17) is 4.74 Å². The van der Waals surface area contributed by atoms with Crippen molar-refractivity contribution >= 4 is 0 Å². The van der Waals surface area contributed by atoms with Gasteiger partial charge in [0.05, 0.1) is 18.8 Å². The third-order valence-electron chi connectivity index (χ3n) is 9.10. The number of hydrogen-bond donors (Lipinski definition) is 3. The maximum atomic E-state index is 11.3. The Morgan fingerprint density at radius 2 is 1.93 bits per heavy atom. The molecule has 0 aromatic heterocycles. The van der Waals surface area contributed by atoms with E-state index in [-0.39, 0.29) is 29.8 Å². The summed E-state index contributed by atoms with van der Waals surface area (Å²) in [5.74, 6) is -0.497. The SMILES string of the molecule is CCC1=CC[C@H]2C3=CC=C4C[C@](O)(OC[C@@H](O)C(C)C)C[C@H](O)[C@]4(C)[C@H]3CC[C@]12C. The van der Waals surface area contributed by atoms with Crippen LogP contribution in [0.4, 0.5) is 0 Å². The Kier molecular flexibility index (Phi) is 5.63. The summed E-state index contributed by atoms with van der Waals surface area (Å²) in [5, 5.41) is 32.5. The summed E-state index contributed by atoms with van der Waals surface area (Å²) in [6, 6.07) is 0. The summed E-state index contributed by atoms with van der Waals surface area (Å²) < 4.78 is 5.78. The van der Waals surface area contributed by atoms with Crippen LogP contribution in [-0.4, -0.2) is 39.9 Å². The molecular formula is C26H40O4. The van der Waals surface area contributed by atoms with Gasteiger partial charge in [0.2, 0.25) is 0 Å². The van der Waals surface area contributed by atoms with E-state index >= 15 is 0 Å². The van der Waals surface area contributed by atoms with Crippen molar-refractivity contribution in [3.05, 3.63) is 34.9 Å². The molecule has 3 N–H and O–H groups in total. The fraction of sp³-hybridized carbons (Fsp3) is 0.769. The van der Waals surface area contributed by atoms with E-state index in [9.17, 15) is 15.3 Å². The van der Waals surface area contributed by atoms with E-state index in [1.165, 1.54) is 5.57 Å². The van der Waals surface area contributed by atoms with E-state index in [1.54, 1.807) is 5.57 Å². The molecule has 7 atom stereocenters. The van der Waals surface area contributed by atoms with Crippen molar-refractivity contribution in [3.63, 3.8) is 0 Å². The highest BCUT2D eigenvalue weighted by atomic mass is 16.6. The van der Waals surface area contributed by atoms with Crippen LogP contribution in [0.2, 0.25) is 0 Å². The molecule has 2 saturated carbocycles. The maximum absolute atomic E-state index is 11.3. The monoisotopic (exact) mass is 416 g/mol. The summed E-state index contributed by atoms with van der Waals surface area (Å²) in [6.45, 7) is 10.8. The van der Waals surface area contributed by atoms with E-state index in [2.05, 4.69) is 39.0 Å². The smallest absolute Gasteiger partial charge is 0.171 e. The Hall–Kier alpha value is -0.940. The highest BCUT2D eigenvalue weighted by Crippen LogP contribution is 2.64. The van der Waals surface area contributed by atoms with Crippen LogP contribution in [0.5, 0.6) is 0 Å². The van der Waals surface area contributed by atoms with Gasteiger partial charge in [-0.05, 0) is 48.9 Å². The van der Waals surface area contributed by atoms with Gasteiger partial charge in [-0.2, -0.15) is 0 Å². The van der Waals surface area contributed by atoms with Crippen molar-refractivity contribution in [2.75, 3.05) is 6.61 Å². The van der Waals surface area contributed by atoms with Gasteiger partial charge in [0, 0.05) is 18.3 Å². The zero-order chi connectivity index (χ0) is 21.9. The summed E-state index contributed by atoms with van der Waals surface area (Å²) in [5.41, 5.74) is 4.08. The van der Waals surface area contributed by atoms with Gasteiger partial charge < -0.3 is 20.1 Å². The van der Waals surface area contributed by atoms with Crippen LogP contribution in [0.15, 0.2) is 34.9 Å². The highest BCUT2D eigenvalue weighted by Gasteiger charge is 2.58. The lowest BCUT2D eigenvalue weighted by Gasteiger charge is -2.57. The van der Waals surface area contributed by atoms with E-state index < -0.39 is 18.0 Å². The Balaban J connectivity index is 1.60. The van der Waals surface area contributed by atoms with Crippen molar-refractivity contribution in [1.82, 2.24) is 0 Å². The zero-order valence-corrected chi connectivity index (χ0v) is 19.3. The largest absolute Gasteiger partial charge is 0.392 e. The molecule has 0 aliphatic heterocycles. The molecule has 0 radical (unpaired) electrons. The zero-order valence-electron chi connectivity index (χ0n) is 19.3. The van der Waals surface area contributed by atoms with Crippen molar-refractivity contribution < 1.29 is 20.1 Å². The first-order valence-electron chi connectivity index (χ1n) is 11.9. The molecule has 4 aliphatic carbocycles. The molecule has 0 saturated heterocycles. The molecule has 4 nitrogen and oxygen atoms in total. The molecule has 0 amide bonds. The van der Waals surface area contributed by atoms with Gasteiger partial charge in [-0.3, -0.25) is 0 Å². The van der Waals surface area contributed by atoms with Crippen molar-refractivity contribution in [1.29, 1.82) is 0 Å². The molecule has 0 spiro atoms. The molecule has 0 aromatic rings. The van der Waals surface area contributed by atoms with E-state index in [0.717, 1.165) is 31.3 Å². The van der Waals surface area contributed by atoms with Crippen LogP contribution in [0.3, 0.4) is 0 Å². The Labute approximate surface area is 181 Å². The number of hydrogen-bond acceptors (Lipinski definition) is 4. The molecule has 0 aromatic carbocycles. The van der Waals surface area contributed by atoms with Crippen molar-refractivity contribution in [2.24, 2.45) is 28.6 Å². The van der Waals surface area contributed by atoms with Gasteiger partial charge in [0.15, 0.2) is 5.79 Å². The average Bonchev–Trinajstić information content (AvgIpc) is 3.03. The Morgan fingerprint density at radius 1 is 1.20 bits per heavy atom. The average molecular weight is 417 g/mol. The van der Waals surface area contributed by atoms with Crippen LogP contribution < -0.4 is 0 Å². The third kappa shape index (κ3) is 3.26. The van der Waals surface area contributed by atoms with Crippen LogP contribution in [-0.2, 0) is 4.74 Å². The van der Waals surface area contributed by atoms with E-state index in [1.807, 2.05) is 13.8 Å². The number of fused-ring (bicyclic) bond motifs is 5. The Bertz CT molecular complexity index is 780. The van der Waals surface area contributed by atoms with Crippen LogP contribution in [0.25, 0.3) is 0 Å². The van der Waals surface area contributed by atoms with Crippen molar-refractivity contribution in [2.45, 2.75) is 91.1 Å². The number of rotatable bonds is 5. The lowest BCUT2D eigenvalue weighted by molar-refractivity contribution is -0.252. The first-order valence-corrected chi connectivity index (χ1v) is 11.9. The normalized spacial score (nSPS) is 43.9. The molecule has 30 heavy (non-hydrogen) atoms. The molecule has 4 rings (SSSR count). The number of ether oxygens (including phenoxy) is 1. The predicted molar refractivity (Wildman–Crippen MR) is 119 cm³/mol. The molecule has 4 aliphatic rings. The van der Waals surface area contributed by atoms with Gasteiger partial charge in [0.25, 0.3) is 0 Å². The van der Waals surface area contributed by atoms with Gasteiger partial charge in [0.1, 0.15) is 0 Å². The summed E-state index contributed by atoms with van der Waals surface area (Å²) >= 11 is 0. The lowest BCUT2D eigenvalue weighted by Crippen LogP contribution is -2.56. The topological polar surface area (TPSA) is 69.9 Å². The second-order valence-electron chi connectivity index (χ2n) is 11.0. The fourth-order valence-corrected chi connectivity index (χ4v) is 6.82. The fourth-order valence-electron chi connectivity index (χ4n) is 6.82. The third-order valence-corrected chi connectivity index (χ3v) is 9.10. The second-order valence-corrected chi connectivity index (χ2v) is 11.0. The number of aliphatic hydroxyl groups is 3. The standard InChI is InChI=1S/C26H40O4/c1-6-17-8-10-20-19-9-7-18-13-26(29,30-15-22(27)16(2)3)14-23(28)25(18,5)21(19)11-12-24(17,20)4/h7-9,16,20-23,27-29H,6,10-15H2,1-5H3/t20-,21-,22+,23-,24+,25-,26-/m0/s1. The van der Waals surface area contributed by atoms with E-state index in [0.29, 0.717) is 18.3 Å². The highest BCUT2D eigenvalue weighted by molar-refractivity contribution is 5.43. The minimum atomic E-state index is -1.42. The summed E-state index contributed by atoms with van der Waals surface area (Å²) in [4.78, 5) is 0. The van der Waals surface area contributed by atoms with Crippen LogP contribution >= 0.6 is 0 Å². The molecule has 4 heteroatoms. The number of aliphatic hydroxyl groups excluding tert-OH is 2. The van der Waals surface area contributed by atoms with Gasteiger partial charge in [-0.25, -0.2) is 0 Å².